The summed E-state index contributed by atoms with van der Waals surface area (Å²) in [7, 11) is 1.87. The summed E-state index contributed by atoms with van der Waals surface area (Å²) in [6, 6.07) is 9.54. The number of carbonyl (C=O) groups is 1. The third kappa shape index (κ3) is 2.65. The van der Waals surface area contributed by atoms with E-state index in [-0.39, 0.29) is 5.91 Å². The minimum absolute atomic E-state index is 0.0553. The first-order chi connectivity index (χ1) is 8.20. The molecule has 0 radical (unpaired) electrons. The normalized spacial score (nSPS) is 10.0. The highest BCUT2D eigenvalue weighted by Crippen LogP contribution is 2.20. The van der Waals surface area contributed by atoms with Crippen LogP contribution in [0.2, 0.25) is 0 Å². The summed E-state index contributed by atoms with van der Waals surface area (Å²) < 4.78 is 0. The molecule has 0 aliphatic heterocycles. The first-order valence-corrected chi connectivity index (χ1v) is 6.22. The zero-order valence-corrected chi connectivity index (χ0v) is 10.6. The average molecular weight is 246 g/mol. The van der Waals surface area contributed by atoms with Crippen molar-refractivity contribution in [1.82, 2.24) is 0 Å². The lowest BCUT2D eigenvalue weighted by Gasteiger charge is -2.09. The Kier molecular flexibility index (Phi) is 3.44. The van der Waals surface area contributed by atoms with Gasteiger partial charge in [0.15, 0.2) is 0 Å². The predicted octanol–water partition coefficient (Wildman–Crippen LogP) is 3.35. The molecule has 0 spiro atoms. The maximum Gasteiger partial charge on any atom is 0.265 e. The number of hydrogen-bond donors (Lipinski definition) is 2. The summed E-state index contributed by atoms with van der Waals surface area (Å²) in [4.78, 5) is 12.6. The molecule has 0 saturated heterocycles. The van der Waals surface area contributed by atoms with Gasteiger partial charge in [0.05, 0.1) is 4.88 Å². The van der Waals surface area contributed by atoms with Gasteiger partial charge in [-0.2, -0.15) is 0 Å². The molecule has 1 heterocycles. The minimum atomic E-state index is -0.0553. The molecule has 0 saturated carbocycles. The van der Waals surface area contributed by atoms with Crippen LogP contribution in [0.4, 0.5) is 11.4 Å². The van der Waals surface area contributed by atoms with E-state index in [0.29, 0.717) is 0 Å². The van der Waals surface area contributed by atoms with Crippen LogP contribution in [0.3, 0.4) is 0 Å². The minimum Gasteiger partial charge on any atom is -0.388 e. The Balaban J connectivity index is 2.16. The zero-order valence-electron chi connectivity index (χ0n) is 9.78. The fraction of sp³-hybridized carbons (Fsp3) is 0.154. The highest BCUT2D eigenvalue weighted by atomic mass is 32.1. The fourth-order valence-electron chi connectivity index (χ4n) is 1.55. The van der Waals surface area contributed by atoms with Crippen LogP contribution in [-0.4, -0.2) is 13.0 Å². The number of hydrogen-bond acceptors (Lipinski definition) is 3. The molecule has 0 unspecified atom stereocenters. The molecule has 4 heteroatoms. The molecular weight excluding hydrogens is 232 g/mol. The Bertz CT molecular complexity index is 520. The zero-order chi connectivity index (χ0) is 12.3. The first-order valence-electron chi connectivity index (χ1n) is 5.34. The van der Waals surface area contributed by atoms with E-state index in [1.807, 2.05) is 49.7 Å². The fourth-order valence-corrected chi connectivity index (χ4v) is 2.17. The molecule has 88 valence electrons. The maximum atomic E-state index is 11.9. The number of nitrogens with one attached hydrogen (secondary N) is 2. The second-order valence-electron chi connectivity index (χ2n) is 3.71. The van der Waals surface area contributed by atoms with Crippen molar-refractivity contribution in [3.05, 3.63) is 46.2 Å². The highest BCUT2D eigenvalue weighted by molar-refractivity contribution is 7.12. The molecule has 0 aliphatic carbocycles. The van der Waals surface area contributed by atoms with Gasteiger partial charge in [0.2, 0.25) is 0 Å². The number of amides is 1. The molecule has 0 bridgehead atoms. The van der Waals surface area contributed by atoms with Crippen LogP contribution in [0.15, 0.2) is 35.7 Å². The Morgan fingerprint density at radius 3 is 2.71 bits per heavy atom. The van der Waals surface area contributed by atoms with E-state index in [1.54, 1.807) is 0 Å². The summed E-state index contributed by atoms with van der Waals surface area (Å²) in [6.45, 7) is 1.98. The van der Waals surface area contributed by atoms with Gasteiger partial charge in [-0.25, -0.2) is 0 Å². The lowest BCUT2D eigenvalue weighted by Crippen LogP contribution is -2.11. The molecular formula is C13H14N2OS. The summed E-state index contributed by atoms with van der Waals surface area (Å²) in [6.07, 6.45) is 0. The van der Waals surface area contributed by atoms with Crippen molar-refractivity contribution in [2.75, 3.05) is 17.7 Å². The van der Waals surface area contributed by atoms with Crippen LogP contribution in [0.25, 0.3) is 0 Å². The van der Waals surface area contributed by atoms with E-state index in [9.17, 15) is 4.79 Å². The number of aryl methyl sites for hydroxylation is 1. The summed E-state index contributed by atoms with van der Waals surface area (Å²) >= 11 is 1.44. The molecule has 2 N–H and O–H groups in total. The van der Waals surface area contributed by atoms with Crippen molar-refractivity contribution in [3.63, 3.8) is 0 Å². The van der Waals surface area contributed by atoms with Crippen LogP contribution in [0.1, 0.15) is 15.2 Å². The van der Waals surface area contributed by atoms with Gasteiger partial charge in [0.1, 0.15) is 0 Å². The lowest BCUT2D eigenvalue weighted by molar-refractivity contribution is 0.103. The quantitative estimate of drug-likeness (QED) is 0.872. The van der Waals surface area contributed by atoms with Crippen LogP contribution in [0, 0.1) is 6.92 Å². The van der Waals surface area contributed by atoms with Gasteiger partial charge in [-0.1, -0.05) is 6.07 Å². The SMILES string of the molecule is CNc1ccc(NC(=O)c2cccs2)c(C)c1. The van der Waals surface area contributed by atoms with Gasteiger partial charge >= 0.3 is 0 Å². The monoisotopic (exact) mass is 246 g/mol. The first kappa shape index (κ1) is 11.7. The van der Waals surface area contributed by atoms with Gasteiger partial charge in [0.25, 0.3) is 5.91 Å². The number of carbonyl (C=O) groups excluding carboxylic acids is 1. The van der Waals surface area contributed by atoms with Crippen molar-refractivity contribution >= 4 is 28.6 Å². The predicted molar refractivity (Wildman–Crippen MR) is 73.0 cm³/mol. The second kappa shape index (κ2) is 5.01. The van der Waals surface area contributed by atoms with Gasteiger partial charge in [-0.05, 0) is 42.1 Å². The van der Waals surface area contributed by atoms with E-state index in [0.717, 1.165) is 21.8 Å². The molecule has 2 aromatic rings. The van der Waals surface area contributed by atoms with Gasteiger partial charge in [0, 0.05) is 18.4 Å². The molecule has 0 fully saturated rings. The molecule has 17 heavy (non-hydrogen) atoms. The lowest BCUT2D eigenvalue weighted by atomic mass is 10.1. The van der Waals surface area contributed by atoms with E-state index in [4.69, 9.17) is 0 Å². The molecule has 0 aliphatic rings. The largest absolute Gasteiger partial charge is 0.388 e. The van der Waals surface area contributed by atoms with E-state index in [2.05, 4.69) is 10.6 Å². The van der Waals surface area contributed by atoms with Crippen molar-refractivity contribution in [2.24, 2.45) is 0 Å². The van der Waals surface area contributed by atoms with Crippen molar-refractivity contribution < 1.29 is 4.79 Å². The maximum absolute atomic E-state index is 11.9. The van der Waals surface area contributed by atoms with Gasteiger partial charge in [-0.15, -0.1) is 11.3 Å². The van der Waals surface area contributed by atoms with Crippen LogP contribution < -0.4 is 10.6 Å². The summed E-state index contributed by atoms with van der Waals surface area (Å²) in [5.41, 5.74) is 2.93. The Morgan fingerprint density at radius 1 is 1.29 bits per heavy atom. The number of anilines is 2. The van der Waals surface area contributed by atoms with Gasteiger partial charge in [-0.3, -0.25) is 4.79 Å². The molecule has 2 rings (SSSR count). The summed E-state index contributed by atoms with van der Waals surface area (Å²) in [5, 5.41) is 7.87. The average Bonchev–Trinajstić information content (AvgIpc) is 2.85. The Hall–Kier alpha value is -1.81. The van der Waals surface area contributed by atoms with E-state index < -0.39 is 0 Å². The molecule has 1 aromatic heterocycles. The third-order valence-electron chi connectivity index (χ3n) is 2.51. The van der Waals surface area contributed by atoms with Crippen molar-refractivity contribution in [1.29, 1.82) is 0 Å². The van der Waals surface area contributed by atoms with Crippen LogP contribution in [0.5, 0.6) is 0 Å². The number of thiophene rings is 1. The standard InChI is InChI=1S/C13H14N2OS/c1-9-8-10(14-2)5-6-11(9)15-13(16)12-4-3-7-17-12/h3-8,14H,1-2H3,(H,15,16). The van der Waals surface area contributed by atoms with E-state index >= 15 is 0 Å². The van der Waals surface area contributed by atoms with Crippen molar-refractivity contribution in [3.8, 4) is 0 Å². The molecule has 0 atom stereocenters. The molecule has 1 amide bonds. The topological polar surface area (TPSA) is 41.1 Å². The summed E-state index contributed by atoms with van der Waals surface area (Å²) in [5.74, 6) is -0.0553. The Labute approximate surface area is 104 Å². The van der Waals surface area contributed by atoms with Crippen LogP contribution >= 0.6 is 11.3 Å². The third-order valence-corrected chi connectivity index (χ3v) is 3.38. The number of rotatable bonds is 3. The second-order valence-corrected chi connectivity index (χ2v) is 4.66. The smallest absolute Gasteiger partial charge is 0.265 e. The number of benzene rings is 1. The molecule has 3 nitrogen and oxygen atoms in total. The Morgan fingerprint density at radius 2 is 2.12 bits per heavy atom. The molecule has 1 aromatic carbocycles. The van der Waals surface area contributed by atoms with E-state index in [1.165, 1.54) is 11.3 Å². The highest BCUT2D eigenvalue weighted by Gasteiger charge is 2.08. The van der Waals surface area contributed by atoms with Crippen molar-refractivity contribution in [2.45, 2.75) is 6.92 Å². The van der Waals surface area contributed by atoms with Gasteiger partial charge < -0.3 is 10.6 Å². The van der Waals surface area contributed by atoms with Crippen LogP contribution in [-0.2, 0) is 0 Å².